The number of hydrogen-bond acceptors (Lipinski definition) is 5. The van der Waals surface area contributed by atoms with E-state index in [9.17, 15) is 4.79 Å². The smallest absolute Gasteiger partial charge is 0.166 e. The van der Waals surface area contributed by atoms with Gasteiger partial charge in [0.2, 0.25) is 0 Å². The lowest BCUT2D eigenvalue weighted by atomic mass is 9.90. The lowest BCUT2D eigenvalue weighted by molar-refractivity contribution is -0.177. The molecule has 0 amide bonds. The topological polar surface area (TPSA) is 54.0 Å². The van der Waals surface area contributed by atoms with Gasteiger partial charge in [-0.1, -0.05) is 0 Å². The van der Waals surface area contributed by atoms with Crippen LogP contribution in [0.15, 0.2) is 0 Å². The van der Waals surface area contributed by atoms with Gasteiger partial charge in [0, 0.05) is 20.6 Å². The first kappa shape index (κ1) is 13.6. The Morgan fingerprint density at radius 3 is 2.62 bits per heavy atom. The predicted octanol–water partition coefficient (Wildman–Crippen LogP) is 0.411. The van der Waals surface area contributed by atoms with E-state index in [1.807, 2.05) is 6.92 Å². The van der Waals surface area contributed by atoms with E-state index in [1.54, 1.807) is 14.2 Å². The third kappa shape index (κ3) is 3.83. The molecular weight excluding hydrogens is 212 g/mol. The zero-order chi connectivity index (χ0) is 12.0. The maximum atomic E-state index is 11.3. The Bertz CT molecular complexity index is 218. The molecule has 5 nitrogen and oxygen atoms in total. The fraction of sp³-hybridized carbons (Fsp3) is 0.909. The van der Waals surface area contributed by atoms with Gasteiger partial charge >= 0.3 is 0 Å². The number of hydrogen-bond donors (Lipinski definition) is 0. The van der Waals surface area contributed by atoms with Crippen molar-refractivity contribution >= 4 is 5.78 Å². The van der Waals surface area contributed by atoms with Crippen molar-refractivity contribution in [1.29, 1.82) is 0 Å². The highest BCUT2D eigenvalue weighted by Crippen LogP contribution is 2.24. The SMILES string of the molecule is COCCOC1C(=O)CC1OC(C)COC. The van der Waals surface area contributed by atoms with Crippen molar-refractivity contribution in [2.75, 3.05) is 34.0 Å². The number of ether oxygens (including phenoxy) is 4. The van der Waals surface area contributed by atoms with Crippen LogP contribution in [0.5, 0.6) is 0 Å². The molecule has 0 radical (unpaired) electrons. The first-order chi connectivity index (χ1) is 7.69. The van der Waals surface area contributed by atoms with Gasteiger partial charge in [-0.15, -0.1) is 0 Å². The highest BCUT2D eigenvalue weighted by atomic mass is 16.6. The Kier molecular flexibility index (Phi) is 5.90. The van der Waals surface area contributed by atoms with Gasteiger partial charge in [0.1, 0.15) is 6.10 Å². The lowest BCUT2D eigenvalue weighted by Gasteiger charge is -2.36. The average Bonchev–Trinajstić information content (AvgIpc) is 2.24. The van der Waals surface area contributed by atoms with E-state index in [1.165, 1.54) is 0 Å². The summed E-state index contributed by atoms with van der Waals surface area (Å²) in [5.74, 6) is 0.103. The molecule has 0 aromatic carbocycles. The van der Waals surface area contributed by atoms with Gasteiger partial charge in [-0.3, -0.25) is 4.79 Å². The molecular formula is C11H20O5. The maximum Gasteiger partial charge on any atom is 0.166 e. The van der Waals surface area contributed by atoms with Gasteiger partial charge in [0.25, 0.3) is 0 Å². The Hall–Kier alpha value is -0.490. The van der Waals surface area contributed by atoms with Crippen molar-refractivity contribution < 1.29 is 23.7 Å². The Morgan fingerprint density at radius 1 is 1.31 bits per heavy atom. The summed E-state index contributed by atoms with van der Waals surface area (Å²) in [6.45, 7) is 3.35. The molecule has 1 saturated carbocycles. The van der Waals surface area contributed by atoms with Crippen molar-refractivity contribution in [3.63, 3.8) is 0 Å². The van der Waals surface area contributed by atoms with E-state index in [4.69, 9.17) is 18.9 Å². The average molecular weight is 232 g/mol. The van der Waals surface area contributed by atoms with E-state index in [2.05, 4.69) is 0 Å². The number of ketones is 1. The molecule has 0 bridgehead atoms. The van der Waals surface area contributed by atoms with Crippen LogP contribution in [-0.4, -0.2) is 58.1 Å². The summed E-state index contributed by atoms with van der Waals surface area (Å²) in [7, 11) is 3.22. The first-order valence-electron chi connectivity index (χ1n) is 5.46. The summed E-state index contributed by atoms with van der Waals surface area (Å²) in [5.41, 5.74) is 0. The van der Waals surface area contributed by atoms with E-state index in [0.717, 1.165) is 0 Å². The Balaban J connectivity index is 2.24. The molecule has 5 heteroatoms. The molecule has 94 valence electrons. The van der Waals surface area contributed by atoms with Crippen molar-refractivity contribution in [2.45, 2.75) is 31.7 Å². The molecule has 0 aliphatic heterocycles. The molecule has 0 saturated heterocycles. The summed E-state index contributed by atoms with van der Waals surface area (Å²) < 4.78 is 20.8. The zero-order valence-electron chi connectivity index (χ0n) is 10.1. The molecule has 0 heterocycles. The summed E-state index contributed by atoms with van der Waals surface area (Å²) >= 11 is 0. The van der Waals surface area contributed by atoms with Crippen LogP contribution in [0.2, 0.25) is 0 Å². The van der Waals surface area contributed by atoms with Gasteiger partial charge in [-0.2, -0.15) is 0 Å². The Labute approximate surface area is 96.0 Å². The fourth-order valence-corrected chi connectivity index (χ4v) is 1.62. The van der Waals surface area contributed by atoms with Crippen LogP contribution in [0.3, 0.4) is 0 Å². The monoisotopic (exact) mass is 232 g/mol. The minimum Gasteiger partial charge on any atom is -0.382 e. The Morgan fingerprint density at radius 2 is 2.06 bits per heavy atom. The number of carbonyl (C=O) groups is 1. The van der Waals surface area contributed by atoms with Gasteiger partial charge in [-0.05, 0) is 6.92 Å². The second-order valence-electron chi connectivity index (χ2n) is 3.90. The second kappa shape index (κ2) is 6.96. The molecule has 1 fully saturated rings. The van der Waals surface area contributed by atoms with Crippen LogP contribution in [0.25, 0.3) is 0 Å². The first-order valence-corrected chi connectivity index (χ1v) is 5.46. The fourth-order valence-electron chi connectivity index (χ4n) is 1.62. The highest BCUT2D eigenvalue weighted by Gasteiger charge is 2.42. The van der Waals surface area contributed by atoms with Gasteiger partial charge in [0.15, 0.2) is 5.78 Å². The van der Waals surface area contributed by atoms with Crippen LogP contribution < -0.4 is 0 Å². The molecule has 1 aliphatic rings. The molecule has 0 spiro atoms. The molecule has 1 aliphatic carbocycles. The summed E-state index contributed by atoms with van der Waals surface area (Å²) in [6, 6.07) is 0. The second-order valence-corrected chi connectivity index (χ2v) is 3.90. The molecule has 0 aromatic heterocycles. The van der Waals surface area contributed by atoms with Gasteiger partial charge in [-0.25, -0.2) is 0 Å². The van der Waals surface area contributed by atoms with E-state index >= 15 is 0 Å². The summed E-state index contributed by atoms with van der Waals surface area (Å²) in [6.07, 6.45) is -0.133. The number of methoxy groups -OCH3 is 2. The molecule has 0 aromatic rings. The van der Waals surface area contributed by atoms with Crippen LogP contribution in [0, 0.1) is 0 Å². The highest BCUT2D eigenvalue weighted by molar-refractivity contribution is 5.90. The van der Waals surface area contributed by atoms with Crippen LogP contribution in [0.4, 0.5) is 0 Å². The minimum atomic E-state index is -0.422. The standard InChI is InChI=1S/C11H20O5/c1-8(7-14-3)16-10-6-9(12)11(10)15-5-4-13-2/h8,10-11H,4-7H2,1-3H3. The van der Waals surface area contributed by atoms with Gasteiger partial charge in [0.05, 0.1) is 32.0 Å². The van der Waals surface area contributed by atoms with Crippen molar-refractivity contribution in [2.24, 2.45) is 0 Å². The third-order valence-electron chi connectivity index (χ3n) is 2.45. The maximum absolute atomic E-state index is 11.3. The van der Waals surface area contributed by atoms with Crippen molar-refractivity contribution in [3.8, 4) is 0 Å². The normalized spacial score (nSPS) is 26.6. The minimum absolute atomic E-state index is 0.0170. The number of carbonyl (C=O) groups excluding carboxylic acids is 1. The van der Waals surface area contributed by atoms with Crippen LogP contribution >= 0.6 is 0 Å². The van der Waals surface area contributed by atoms with E-state index in [0.29, 0.717) is 26.2 Å². The number of rotatable bonds is 8. The van der Waals surface area contributed by atoms with Crippen molar-refractivity contribution in [3.05, 3.63) is 0 Å². The molecule has 3 atom stereocenters. The van der Waals surface area contributed by atoms with Crippen molar-refractivity contribution in [1.82, 2.24) is 0 Å². The molecule has 16 heavy (non-hydrogen) atoms. The van der Waals surface area contributed by atoms with E-state index < -0.39 is 6.10 Å². The third-order valence-corrected chi connectivity index (χ3v) is 2.45. The lowest BCUT2D eigenvalue weighted by Crippen LogP contribution is -2.52. The molecule has 0 N–H and O–H groups in total. The largest absolute Gasteiger partial charge is 0.382 e. The molecule has 1 rings (SSSR count). The van der Waals surface area contributed by atoms with Gasteiger partial charge < -0.3 is 18.9 Å². The predicted molar refractivity (Wildman–Crippen MR) is 57.5 cm³/mol. The summed E-state index contributed by atoms with van der Waals surface area (Å²) in [4.78, 5) is 11.3. The summed E-state index contributed by atoms with van der Waals surface area (Å²) in [5, 5.41) is 0. The quantitative estimate of drug-likeness (QED) is 0.567. The van der Waals surface area contributed by atoms with Crippen LogP contribution in [0.1, 0.15) is 13.3 Å². The van der Waals surface area contributed by atoms with Crippen LogP contribution in [-0.2, 0) is 23.7 Å². The zero-order valence-corrected chi connectivity index (χ0v) is 10.1. The molecule has 3 unspecified atom stereocenters. The van der Waals surface area contributed by atoms with E-state index in [-0.39, 0.29) is 18.0 Å². The number of Topliss-reactive ketones (excluding diaryl/α,β-unsaturated/α-hetero) is 1.